The molecule has 0 radical (unpaired) electrons. The lowest BCUT2D eigenvalue weighted by Gasteiger charge is -2.50. The molecule has 0 bridgehead atoms. The molecule has 0 saturated carbocycles. The molecule has 2 N–H and O–H groups in total. The number of aliphatic hydroxyl groups is 1. The summed E-state index contributed by atoms with van der Waals surface area (Å²) in [5, 5.41) is 13.6. The number of rotatable bonds is 4. The molecule has 0 unspecified atom stereocenters. The van der Waals surface area contributed by atoms with E-state index in [4.69, 9.17) is 0 Å². The van der Waals surface area contributed by atoms with Crippen molar-refractivity contribution in [2.45, 2.75) is 44.1 Å². The molecule has 3 aliphatic rings. The molecule has 1 aromatic rings. The van der Waals surface area contributed by atoms with Gasteiger partial charge < -0.3 is 15.3 Å². The summed E-state index contributed by atoms with van der Waals surface area (Å²) in [5.41, 5.74) is 1.30. The molecule has 0 aliphatic carbocycles. The van der Waals surface area contributed by atoms with Crippen LogP contribution in [-0.4, -0.2) is 72.7 Å². The van der Waals surface area contributed by atoms with Gasteiger partial charge in [0, 0.05) is 24.5 Å². The number of fused-ring (bicyclic) bond motifs is 1. The van der Waals surface area contributed by atoms with Crippen molar-refractivity contribution in [2.75, 3.05) is 45.9 Å². The van der Waals surface area contributed by atoms with Crippen molar-refractivity contribution in [3.63, 3.8) is 0 Å². The van der Waals surface area contributed by atoms with Gasteiger partial charge in [0.05, 0.1) is 13.2 Å². The number of carbonyl (C=O) groups is 1. The molecule has 164 valence electrons. The van der Waals surface area contributed by atoms with E-state index in [0.29, 0.717) is 25.0 Å². The molecule has 3 saturated heterocycles. The third kappa shape index (κ3) is 5.45. The number of piperidine rings is 3. The Morgan fingerprint density at radius 2 is 1.83 bits per heavy atom. The summed E-state index contributed by atoms with van der Waals surface area (Å²) in [6.07, 6.45) is 5.33. The van der Waals surface area contributed by atoms with E-state index >= 15 is 0 Å². The molecule has 1 aromatic carbocycles. The van der Waals surface area contributed by atoms with Gasteiger partial charge in [-0.05, 0) is 63.2 Å². The minimum absolute atomic E-state index is 0. The van der Waals surface area contributed by atoms with Crippen LogP contribution in [0.1, 0.15) is 43.6 Å². The first-order chi connectivity index (χ1) is 13.2. The van der Waals surface area contributed by atoms with Crippen molar-refractivity contribution in [1.82, 2.24) is 15.1 Å². The molecular formula is C22H35Cl2N3O2. The van der Waals surface area contributed by atoms with Crippen molar-refractivity contribution in [3.05, 3.63) is 35.9 Å². The van der Waals surface area contributed by atoms with Crippen LogP contribution < -0.4 is 5.32 Å². The first-order valence-electron chi connectivity index (χ1n) is 10.6. The Morgan fingerprint density at radius 1 is 1.10 bits per heavy atom. The number of carbonyl (C=O) groups excluding carboxylic acids is 1. The van der Waals surface area contributed by atoms with Gasteiger partial charge in [0.2, 0.25) is 5.91 Å². The van der Waals surface area contributed by atoms with E-state index in [2.05, 4.69) is 40.5 Å². The van der Waals surface area contributed by atoms with Gasteiger partial charge in [-0.1, -0.05) is 30.3 Å². The molecule has 1 amide bonds. The Morgan fingerprint density at radius 3 is 2.52 bits per heavy atom. The van der Waals surface area contributed by atoms with Crippen molar-refractivity contribution in [3.8, 4) is 0 Å². The summed E-state index contributed by atoms with van der Waals surface area (Å²) < 4.78 is 0. The fourth-order valence-electron chi connectivity index (χ4n) is 5.34. The Kier molecular flexibility index (Phi) is 9.23. The van der Waals surface area contributed by atoms with E-state index in [1.807, 2.05) is 4.90 Å². The minimum Gasteiger partial charge on any atom is -0.396 e. The van der Waals surface area contributed by atoms with E-state index in [9.17, 15) is 9.90 Å². The average Bonchev–Trinajstić information content (AvgIpc) is 2.74. The fourth-order valence-corrected chi connectivity index (χ4v) is 5.34. The molecule has 0 spiro atoms. The van der Waals surface area contributed by atoms with Gasteiger partial charge in [-0.15, -0.1) is 24.8 Å². The molecule has 5 nitrogen and oxygen atoms in total. The van der Waals surface area contributed by atoms with Crippen LogP contribution in [0.2, 0.25) is 0 Å². The molecule has 3 fully saturated rings. The lowest BCUT2D eigenvalue weighted by molar-refractivity contribution is -0.139. The zero-order valence-electron chi connectivity index (χ0n) is 17.1. The topological polar surface area (TPSA) is 55.8 Å². The standard InChI is InChI=1S/C22H33N3O2.2ClH/c26-17-22-10-4-11-23-20(22)9-14-25(16-22)21(27)15-24-12-7-19(8-13-24)18-5-2-1-3-6-18;;/h1-3,5-6,19-20,23,26H,4,7-17H2;2*1H/t20-,22-;;/m1../s1. The Labute approximate surface area is 187 Å². The molecule has 4 rings (SSSR count). The fraction of sp³-hybridized carbons (Fsp3) is 0.682. The van der Waals surface area contributed by atoms with Crippen LogP contribution in [0.25, 0.3) is 0 Å². The summed E-state index contributed by atoms with van der Waals surface area (Å²) in [4.78, 5) is 17.3. The Balaban J connectivity index is 0.00000150. The molecular weight excluding hydrogens is 409 g/mol. The highest BCUT2D eigenvalue weighted by atomic mass is 35.5. The van der Waals surface area contributed by atoms with Gasteiger partial charge in [0.25, 0.3) is 0 Å². The zero-order chi connectivity index (χ0) is 18.7. The highest BCUT2D eigenvalue weighted by Crippen LogP contribution is 2.37. The van der Waals surface area contributed by atoms with Crippen LogP contribution in [-0.2, 0) is 4.79 Å². The van der Waals surface area contributed by atoms with Crippen molar-refractivity contribution in [1.29, 1.82) is 0 Å². The Bertz CT molecular complexity index is 640. The number of halogens is 2. The lowest BCUT2D eigenvalue weighted by Crippen LogP contribution is -2.62. The maximum Gasteiger partial charge on any atom is 0.236 e. The highest BCUT2D eigenvalue weighted by molar-refractivity contribution is 5.85. The van der Waals surface area contributed by atoms with E-state index in [0.717, 1.165) is 58.3 Å². The second-order valence-electron chi connectivity index (χ2n) is 8.70. The molecule has 29 heavy (non-hydrogen) atoms. The maximum atomic E-state index is 12.9. The van der Waals surface area contributed by atoms with E-state index in [-0.39, 0.29) is 42.7 Å². The van der Waals surface area contributed by atoms with E-state index in [1.54, 1.807) is 0 Å². The number of benzene rings is 1. The van der Waals surface area contributed by atoms with Crippen LogP contribution >= 0.6 is 24.8 Å². The third-order valence-corrected chi connectivity index (χ3v) is 7.06. The second-order valence-corrected chi connectivity index (χ2v) is 8.70. The lowest BCUT2D eigenvalue weighted by atomic mass is 9.71. The first kappa shape index (κ1) is 24.4. The summed E-state index contributed by atoms with van der Waals surface area (Å²) in [6, 6.07) is 11.1. The van der Waals surface area contributed by atoms with Crippen molar-refractivity contribution < 1.29 is 9.90 Å². The van der Waals surface area contributed by atoms with Crippen LogP contribution in [0, 0.1) is 5.41 Å². The number of nitrogens with one attached hydrogen (secondary N) is 1. The van der Waals surface area contributed by atoms with Crippen LogP contribution in [0.5, 0.6) is 0 Å². The maximum absolute atomic E-state index is 12.9. The summed E-state index contributed by atoms with van der Waals surface area (Å²) in [7, 11) is 0. The van der Waals surface area contributed by atoms with Gasteiger partial charge in [-0.3, -0.25) is 9.69 Å². The van der Waals surface area contributed by atoms with Gasteiger partial charge >= 0.3 is 0 Å². The van der Waals surface area contributed by atoms with E-state index < -0.39 is 0 Å². The van der Waals surface area contributed by atoms with Gasteiger partial charge in [0.1, 0.15) is 0 Å². The molecule has 3 heterocycles. The number of hydrogen-bond donors (Lipinski definition) is 2. The summed E-state index contributed by atoms with van der Waals surface area (Å²) in [6.45, 7) is 5.26. The van der Waals surface area contributed by atoms with E-state index in [1.165, 1.54) is 5.56 Å². The van der Waals surface area contributed by atoms with Gasteiger partial charge in [-0.2, -0.15) is 0 Å². The summed E-state index contributed by atoms with van der Waals surface area (Å²) in [5.74, 6) is 0.865. The number of hydrogen-bond acceptors (Lipinski definition) is 4. The average molecular weight is 444 g/mol. The number of likely N-dealkylation sites (tertiary alicyclic amines) is 2. The van der Waals surface area contributed by atoms with Gasteiger partial charge in [-0.25, -0.2) is 0 Å². The molecule has 2 atom stereocenters. The monoisotopic (exact) mass is 443 g/mol. The number of amides is 1. The predicted octanol–water partition coefficient (Wildman–Crippen LogP) is 2.67. The van der Waals surface area contributed by atoms with Crippen LogP contribution in [0.3, 0.4) is 0 Å². The van der Waals surface area contributed by atoms with Crippen molar-refractivity contribution >= 4 is 30.7 Å². The quantitative estimate of drug-likeness (QED) is 0.750. The minimum atomic E-state index is -0.132. The van der Waals surface area contributed by atoms with Gasteiger partial charge in [0.15, 0.2) is 0 Å². The van der Waals surface area contributed by atoms with Crippen LogP contribution in [0.15, 0.2) is 30.3 Å². The molecule has 7 heteroatoms. The smallest absolute Gasteiger partial charge is 0.236 e. The number of aliphatic hydroxyl groups excluding tert-OH is 1. The largest absolute Gasteiger partial charge is 0.396 e. The SMILES string of the molecule is Cl.Cl.O=C(CN1CCC(c2ccccc2)CC1)N1CC[C@H]2NCCC[C@]2(CO)C1. The normalized spacial score (nSPS) is 28.0. The summed E-state index contributed by atoms with van der Waals surface area (Å²) >= 11 is 0. The third-order valence-electron chi connectivity index (χ3n) is 7.06. The zero-order valence-corrected chi connectivity index (χ0v) is 18.7. The molecule has 3 aliphatic heterocycles. The Hall–Kier alpha value is -0.850. The second kappa shape index (κ2) is 11.0. The highest BCUT2D eigenvalue weighted by Gasteiger charge is 2.45. The van der Waals surface area contributed by atoms with Crippen LogP contribution in [0.4, 0.5) is 0 Å². The molecule has 0 aromatic heterocycles. The number of nitrogens with zero attached hydrogens (tertiary/aromatic N) is 2. The predicted molar refractivity (Wildman–Crippen MR) is 121 cm³/mol. The first-order valence-corrected chi connectivity index (χ1v) is 10.6. The van der Waals surface area contributed by atoms with Crippen molar-refractivity contribution in [2.24, 2.45) is 5.41 Å².